The van der Waals surface area contributed by atoms with E-state index in [0.717, 1.165) is 35.2 Å². The zero-order chi connectivity index (χ0) is 20.8. The second-order valence-corrected chi connectivity index (χ2v) is 9.40. The second kappa shape index (κ2) is 7.49. The van der Waals surface area contributed by atoms with Crippen LogP contribution in [0.5, 0.6) is 0 Å². The molecule has 3 heterocycles. The third kappa shape index (κ3) is 4.05. The predicted molar refractivity (Wildman–Crippen MR) is 119 cm³/mol. The van der Waals surface area contributed by atoms with Crippen molar-refractivity contribution < 1.29 is 4.79 Å². The first-order chi connectivity index (χ1) is 15.2. The average molecular weight is 434 g/mol. The molecule has 9 heteroatoms. The molecule has 0 radical (unpaired) electrons. The van der Waals surface area contributed by atoms with Gasteiger partial charge in [0, 0.05) is 46.6 Å². The van der Waals surface area contributed by atoms with Crippen LogP contribution in [0.15, 0.2) is 53.8 Å². The Hall–Kier alpha value is -3.20. The van der Waals surface area contributed by atoms with Gasteiger partial charge in [-0.3, -0.25) is 14.5 Å². The number of fused-ring (bicyclic) bond motifs is 1. The second-order valence-electron chi connectivity index (χ2n) is 8.27. The van der Waals surface area contributed by atoms with Crippen LogP contribution < -0.4 is 10.6 Å². The van der Waals surface area contributed by atoms with Crippen molar-refractivity contribution >= 4 is 29.5 Å². The summed E-state index contributed by atoms with van der Waals surface area (Å²) in [4.78, 5) is 17.8. The Morgan fingerprint density at radius 3 is 2.77 bits per heavy atom. The Bertz CT molecular complexity index is 1140. The molecule has 2 aliphatic carbocycles. The normalized spacial score (nSPS) is 17.8. The molecule has 0 unspecified atom stereocenters. The molecule has 0 saturated heterocycles. The Morgan fingerprint density at radius 2 is 2.00 bits per heavy atom. The molecule has 1 amide bonds. The molecular weight excluding hydrogens is 410 g/mol. The first kappa shape index (κ1) is 18.6. The lowest BCUT2D eigenvalue weighted by atomic mass is 10.2. The fourth-order valence-corrected chi connectivity index (χ4v) is 4.50. The van der Waals surface area contributed by atoms with Crippen LogP contribution in [0.25, 0.3) is 5.82 Å². The summed E-state index contributed by atoms with van der Waals surface area (Å²) in [5.41, 5.74) is 1.90. The van der Waals surface area contributed by atoms with Gasteiger partial charge < -0.3 is 14.9 Å². The lowest BCUT2D eigenvalue weighted by molar-refractivity contribution is 0.0951. The van der Waals surface area contributed by atoms with Gasteiger partial charge in [-0.05, 0) is 61.9 Å². The van der Waals surface area contributed by atoms with Crippen molar-refractivity contribution in [3.8, 4) is 0 Å². The summed E-state index contributed by atoms with van der Waals surface area (Å²) in [5.74, 6) is 3.31. The molecule has 3 aromatic rings. The topological polar surface area (TPSA) is 90.9 Å². The first-order valence-corrected chi connectivity index (χ1v) is 11.4. The van der Waals surface area contributed by atoms with Crippen LogP contribution in [0.1, 0.15) is 53.5 Å². The zero-order valence-electron chi connectivity index (χ0n) is 16.9. The van der Waals surface area contributed by atoms with Crippen LogP contribution in [0.2, 0.25) is 0 Å². The van der Waals surface area contributed by atoms with Gasteiger partial charge in [0.05, 0.1) is 12.7 Å². The van der Waals surface area contributed by atoms with Crippen molar-refractivity contribution in [3.05, 3.63) is 66.0 Å². The number of hydrogen-bond donors (Lipinski definition) is 3. The molecule has 158 valence electrons. The number of nitrogens with zero attached hydrogens (tertiary/aromatic N) is 4. The number of carbonyl (C=O) groups excluding carboxylic acids is 1. The van der Waals surface area contributed by atoms with E-state index in [1.165, 1.54) is 18.5 Å². The van der Waals surface area contributed by atoms with E-state index in [-0.39, 0.29) is 5.91 Å². The van der Waals surface area contributed by atoms with Gasteiger partial charge in [-0.15, -0.1) is 0 Å². The van der Waals surface area contributed by atoms with Crippen molar-refractivity contribution in [2.75, 3.05) is 5.32 Å². The highest BCUT2D eigenvalue weighted by atomic mass is 32.2. The molecule has 3 N–H and O–H groups in total. The first-order valence-electron chi connectivity index (χ1n) is 10.6. The zero-order valence-corrected chi connectivity index (χ0v) is 17.7. The summed E-state index contributed by atoms with van der Waals surface area (Å²) in [7, 11) is 0. The number of carbonyl (C=O) groups is 1. The molecule has 2 aromatic heterocycles. The minimum absolute atomic E-state index is 0.00926. The molecule has 1 aliphatic heterocycles. The molecule has 31 heavy (non-hydrogen) atoms. The molecule has 2 fully saturated rings. The van der Waals surface area contributed by atoms with E-state index >= 15 is 0 Å². The number of H-pyrrole nitrogens is 1. The number of nitrogens with one attached hydrogen (secondary N) is 3. The van der Waals surface area contributed by atoms with E-state index < -0.39 is 0 Å². The van der Waals surface area contributed by atoms with Crippen molar-refractivity contribution in [1.82, 2.24) is 29.4 Å². The molecule has 1 aromatic carbocycles. The van der Waals surface area contributed by atoms with Crippen LogP contribution in [0, 0.1) is 0 Å². The van der Waals surface area contributed by atoms with Gasteiger partial charge in [-0.2, -0.15) is 5.10 Å². The number of amides is 1. The number of imidazole rings is 1. The van der Waals surface area contributed by atoms with E-state index in [0.29, 0.717) is 24.1 Å². The maximum absolute atomic E-state index is 12.2. The van der Waals surface area contributed by atoms with Gasteiger partial charge >= 0.3 is 0 Å². The van der Waals surface area contributed by atoms with Gasteiger partial charge in [-0.1, -0.05) is 0 Å². The Labute approximate surface area is 184 Å². The molecule has 2 saturated carbocycles. The Balaban J connectivity index is 1.17. The Morgan fingerprint density at radius 1 is 1.16 bits per heavy atom. The fraction of sp³-hybridized carbons (Fsp3) is 0.318. The largest absolute Gasteiger partial charge is 0.349 e. The number of benzene rings is 1. The van der Waals surface area contributed by atoms with Crippen molar-refractivity contribution in [2.24, 2.45) is 0 Å². The highest BCUT2D eigenvalue weighted by Gasteiger charge is 2.26. The maximum atomic E-state index is 12.2. The molecule has 6 rings (SSSR count). The molecule has 8 nitrogen and oxygen atoms in total. The molecule has 0 spiro atoms. The fourth-order valence-electron chi connectivity index (χ4n) is 3.64. The summed E-state index contributed by atoms with van der Waals surface area (Å²) in [6.07, 6.45) is 10.5. The van der Waals surface area contributed by atoms with Gasteiger partial charge in [0.1, 0.15) is 11.6 Å². The van der Waals surface area contributed by atoms with Crippen molar-refractivity contribution in [3.63, 3.8) is 0 Å². The van der Waals surface area contributed by atoms with Gasteiger partial charge in [-0.25, -0.2) is 4.98 Å². The van der Waals surface area contributed by atoms with Crippen LogP contribution >= 0.6 is 11.9 Å². The standard InChI is InChI=1S/C22H23N7OS/c30-22(24-16-5-6-16)15-3-7-17(8-4-15)31-28-12-20-23-9-10-29(20)21(13-28)25-19-11-18(26-27-19)14-1-2-14/h3-4,7-11,13-14,16H,1-2,5-6,12H2,(H,24,30)(H2,25,26,27). The third-order valence-electron chi connectivity index (χ3n) is 5.66. The smallest absolute Gasteiger partial charge is 0.251 e. The van der Waals surface area contributed by atoms with E-state index in [9.17, 15) is 4.79 Å². The van der Waals surface area contributed by atoms with Gasteiger partial charge in [0.15, 0.2) is 5.82 Å². The summed E-state index contributed by atoms with van der Waals surface area (Å²) in [6.45, 7) is 0.681. The SMILES string of the molecule is O=C(NC1CC1)c1ccc(SN2C=C(Nc3cc(C4CC4)[nH]n3)n3ccnc3C2)cc1. The Kier molecular flexibility index (Phi) is 4.48. The number of aromatic amines is 1. The van der Waals surface area contributed by atoms with Gasteiger partial charge in [0.2, 0.25) is 0 Å². The molecule has 3 aliphatic rings. The monoisotopic (exact) mass is 433 g/mol. The summed E-state index contributed by atoms with van der Waals surface area (Å²) < 4.78 is 4.19. The highest BCUT2D eigenvalue weighted by molar-refractivity contribution is 7.97. The van der Waals surface area contributed by atoms with Crippen molar-refractivity contribution in [2.45, 2.75) is 49.1 Å². The van der Waals surface area contributed by atoms with Crippen LogP contribution in [-0.4, -0.2) is 36.0 Å². The summed E-state index contributed by atoms with van der Waals surface area (Å²) >= 11 is 1.62. The summed E-state index contributed by atoms with van der Waals surface area (Å²) in [5, 5.41) is 14.0. The minimum Gasteiger partial charge on any atom is -0.349 e. The van der Waals surface area contributed by atoms with Crippen LogP contribution in [0.4, 0.5) is 5.82 Å². The van der Waals surface area contributed by atoms with E-state index in [1.54, 1.807) is 11.9 Å². The van der Waals surface area contributed by atoms with E-state index in [1.807, 2.05) is 41.2 Å². The molecular formula is C22H23N7OS. The quantitative estimate of drug-likeness (QED) is 0.492. The minimum atomic E-state index is 0.00926. The predicted octanol–water partition coefficient (Wildman–Crippen LogP) is 3.77. The number of anilines is 1. The van der Waals surface area contributed by atoms with Gasteiger partial charge in [0.25, 0.3) is 5.91 Å². The molecule has 0 atom stereocenters. The van der Waals surface area contributed by atoms with Crippen LogP contribution in [0.3, 0.4) is 0 Å². The van der Waals surface area contributed by atoms with Crippen molar-refractivity contribution in [1.29, 1.82) is 0 Å². The third-order valence-corrected chi connectivity index (χ3v) is 6.62. The lowest BCUT2D eigenvalue weighted by Crippen LogP contribution is -2.25. The average Bonchev–Trinajstić information content (AvgIpc) is 3.69. The van der Waals surface area contributed by atoms with E-state index in [2.05, 4.69) is 42.4 Å². The molecule has 0 bridgehead atoms. The highest BCUT2D eigenvalue weighted by Crippen LogP contribution is 2.39. The van der Waals surface area contributed by atoms with Crippen LogP contribution in [-0.2, 0) is 6.54 Å². The number of aromatic nitrogens is 4. The number of hydrogen-bond acceptors (Lipinski definition) is 6. The van der Waals surface area contributed by atoms with E-state index in [4.69, 9.17) is 0 Å². The lowest BCUT2D eigenvalue weighted by Gasteiger charge is -2.26. The number of rotatable bonds is 7. The maximum Gasteiger partial charge on any atom is 0.251 e. The summed E-state index contributed by atoms with van der Waals surface area (Å²) in [6, 6.07) is 10.2.